The Bertz CT molecular complexity index is 442. The van der Waals surface area contributed by atoms with Crippen molar-refractivity contribution in [1.29, 1.82) is 0 Å². The third kappa shape index (κ3) is 3.29. The second-order valence-corrected chi connectivity index (χ2v) is 5.11. The molecule has 0 amide bonds. The maximum absolute atomic E-state index is 13.8. The van der Waals surface area contributed by atoms with E-state index in [4.69, 9.17) is 9.84 Å². The van der Waals surface area contributed by atoms with Gasteiger partial charge in [0.25, 0.3) is 0 Å². The maximum atomic E-state index is 13.8. The van der Waals surface area contributed by atoms with Gasteiger partial charge in [-0.25, -0.2) is 13.6 Å². The Hall–Kier alpha value is -1.49. The Morgan fingerprint density at radius 2 is 2.05 bits per heavy atom. The monoisotopic (exact) mass is 272 g/mol. The topological polar surface area (TPSA) is 46.5 Å². The summed E-state index contributed by atoms with van der Waals surface area (Å²) in [6.45, 7) is 10.2. The van der Waals surface area contributed by atoms with Crippen LogP contribution in [0.25, 0.3) is 0 Å². The Labute approximate surface area is 111 Å². The molecule has 1 rings (SSSR count). The van der Waals surface area contributed by atoms with Crippen LogP contribution in [0.1, 0.15) is 20.3 Å². The van der Waals surface area contributed by atoms with E-state index in [1.807, 2.05) is 0 Å². The van der Waals surface area contributed by atoms with Gasteiger partial charge in [-0.2, -0.15) is 0 Å². The number of rotatable bonds is 4. The lowest BCUT2D eigenvalue weighted by atomic mass is 9.69. The van der Waals surface area contributed by atoms with E-state index < -0.39 is 29.1 Å². The number of halogens is 2. The van der Waals surface area contributed by atoms with E-state index in [9.17, 15) is 13.6 Å². The van der Waals surface area contributed by atoms with Gasteiger partial charge in [0, 0.05) is 11.5 Å². The van der Waals surface area contributed by atoms with Gasteiger partial charge in [-0.1, -0.05) is 27.0 Å². The second-order valence-electron chi connectivity index (χ2n) is 5.11. The fourth-order valence-corrected chi connectivity index (χ4v) is 2.12. The molecule has 3 atom stereocenters. The van der Waals surface area contributed by atoms with Crippen LogP contribution in [-0.2, 0) is 9.53 Å². The van der Waals surface area contributed by atoms with Crippen molar-refractivity contribution >= 4 is 5.97 Å². The molecule has 3 nitrogen and oxygen atoms in total. The third-order valence-corrected chi connectivity index (χ3v) is 3.78. The Morgan fingerprint density at radius 3 is 2.47 bits per heavy atom. The summed E-state index contributed by atoms with van der Waals surface area (Å²) in [7, 11) is 0. The highest BCUT2D eigenvalue weighted by Gasteiger charge is 2.43. The largest absolute Gasteiger partial charge is 0.479 e. The van der Waals surface area contributed by atoms with E-state index in [1.165, 1.54) is 0 Å². The number of hydrogen-bond acceptors (Lipinski definition) is 2. The second kappa shape index (κ2) is 5.65. The van der Waals surface area contributed by atoms with Crippen molar-refractivity contribution in [3.05, 3.63) is 36.5 Å². The average molecular weight is 272 g/mol. The molecular weight excluding hydrogens is 254 g/mol. The number of allylic oxidation sites excluding steroid dienone is 3. The molecular formula is C14H18F2O3. The number of aliphatic carboxylic acids is 1. The van der Waals surface area contributed by atoms with Crippen LogP contribution in [-0.4, -0.2) is 23.8 Å². The highest BCUT2D eigenvalue weighted by Crippen LogP contribution is 2.44. The lowest BCUT2D eigenvalue weighted by Crippen LogP contribution is -2.44. The fraction of sp³-hybridized carbons (Fsp3) is 0.500. The number of carbonyl (C=O) groups is 1. The van der Waals surface area contributed by atoms with Crippen LogP contribution in [0.5, 0.6) is 0 Å². The van der Waals surface area contributed by atoms with Crippen LogP contribution in [0, 0.1) is 11.3 Å². The molecule has 1 fully saturated rings. The van der Waals surface area contributed by atoms with Crippen molar-refractivity contribution in [3.8, 4) is 0 Å². The Morgan fingerprint density at radius 1 is 1.47 bits per heavy atom. The molecule has 0 radical (unpaired) electrons. The summed E-state index contributed by atoms with van der Waals surface area (Å²) < 4.78 is 31.6. The summed E-state index contributed by atoms with van der Waals surface area (Å²) in [6.07, 6.45) is 0.0391. The van der Waals surface area contributed by atoms with E-state index in [-0.39, 0.29) is 24.5 Å². The zero-order valence-electron chi connectivity index (χ0n) is 11.1. The molecule has 0 aromatic rings. The van der Waals surface area contributed by atoms with Gasteiger partial charge in [-0.3, -0.25) is 0 Å². The quantitative estimate of drug-likeness (QED) is 0.798. The molecule has 106 valence electrons. The lowest BCUT2D eigenvalue weighted by molar-refractivity contribution is -0.161. The summed E-state index contributed by atoms with van der Waals surface area (Å²) in [5.74, 6) is -2.87. The van der Waals surface area contributed by atoms with Crippen molar-refractivity contribution < 1.29 is 23.4 Å². The fourth-order valence-electron chi connectivity index (χ4n) is 2.12. The Balaban J connectivity index is 2.91. The van der Waals surface area contributed by atoms with Gasteiger partial charge < -0.3 is 9.84 Å². The zero-order valence-corrected chi connectivity index (χ0v) is 11.1. The first kappa shape index (κ1) is 15.6. The van der Waals surface area contributed by atoms with Crippen molar-refractivity contribution in [1.82, 2.24) is 0 Å². The van der Waals surface area contributed by atoms with Crippen molar-refractivity contribution in [2.24, 2.45) is 11.3 Å². The minimum atomic E-state index is -1.03. The maximum Gasteiger partial charge on any atom is 0.332 e. The van der Waals surface area contributed by atoms with Crippen molar-refractivity contribution in [2.75, 3.05) is 6.61 Å². The predicted molar refractivity (Wildman–Crippen MR) is 67.8 cm³/mol. The van der Waals surface area contributed by atoms with Crippen LogP contribution in [0.4, 0.5) is 8.78 Å². The minimum absolute atomic E-state index is 0.0317. The summed E-state index contributed by atoms with van der Waals surface area (Å²) >= 11 is 0. The van der Waals surface area contributed by atoms with Crippen LogP contribution in [0.3, 0.4) is 0 Å². The molecule has 0 aromatic carbocycles. The van der Waals surface area contributed by atoms with E-state index in [2.05, 4.69) is 13.2 Å². The molecule has 0 aromatic heterocycles. The normalized spacial score (nSPS) is 31.9. The number of ether oxygens (including phenoxy) is 1. The SMILES string of the molecule is C=C(F)C=C(F)C(=C)C1(C)COC(C(=O)O)CC1C. The number of carboxylic acid groups (broad SMARTS) is 1. The first-order valence-corrected chi connectivity index (χ1v) is 5.94. The van der Waals surface area contributed by atoms with E-state index in [0.29, 0.717) is 6.08 Å². The minimum Gasteiger partial charge on any atom is -0.479 e. The van der Waals surface area contributed by atoms with Crippen molar-refractivity contribution in [2.45, 2.75) is 26.4 Å². The lowest BCUT2D eigenvalue weighted by Gasteiger charge is -2.42. The molecule has 1 heterocycles. The van der Waals surface area contributed by atoms with Gasteiger partial charge >= 0.3 is 5.97 Å². The van der Waals surface area contributed by atoms with Crippen molar-refractivity contribution in [3.63, 3.8) is 0 Å². The molecule has 3 unspecified atom stereocenters. The highest BCUT2D eigenvalue weighted by atomic mass is 19.1. The van der Waals surface area contributed by atoms with Crippen LogP contribution >= 0.6 is 0 Å². The molecule has 1 aliphatic heterocycles. The summed E-state index contributed by atoms with van der Waals surface area (Å²) in [6, 6.07) is 0. The van der Waals surface area contributed by atoms with E-state index >= 15 is 0 Å². The zero-order chi connectivity index (χ0) is 14.8. The molecule has 19 heavy (non-hydrogen) atoms. The Kier molecular flexibility index (Phi) is 4.63. The van der Waals surface area contributed by atoms with Gasteiger partial charge in [0.1, 0.15) is 11.7 Å². The smallest absolute Gasteiger partial charge is 0.332 e. The molecule has 0 spiro atoms. The van der Waals surface area contributed by atoms with Gasteiger partial charge in [-0.05, 0) is 17.9 Å². The number of carboxylic acids is 1. The number of hydrogen-bond donors (Lipinski definition) is 1. The first-order chi connectivity index (χ1) is 8.68. The molecule has 1 saturated heterocycles. The third-order valence-electron chi connectivity index (χ3n) is 3.78. The van der Waals surface area contributed by atoms with E-state index in [0.717, 1.165) is 0 Å². The summed E-state index contributed by atoms with van der Waals surface area (Å²) in [5.41, 5.74) is -0.662. The molecule has 1 aliphatic rings. The van der Waals surface area contributed by atoms with E-state index in [1.54, 1.807) is 13.8 Å². The summed E-state index contributed by atoms with van der Waals surface area (Å²) in [5, 5.41) is 8.90. The molecule has 5 heteroatoms. The molecule has 0 bridgehead atoms. The van der Waals surface area contributed by atoms with Gasteiger partial charge in [0.2, 0.25) is 0 Å². The predicted octanol–water partition coefficient (Wildman–Crippen LogP) is 3.40. The standard InChI is InChI=1S/C14H18F2O3/c1-8-5-12(13(17)18)19-7-14(8,4)10(3)11(16)6-9(2)15/h6,8,12H,2-3,5,7H2,1,4H3,(H,17,18). The van der Waals surface area contributed by atoms with Gasteiger partial charge in [0.05, 0.1) is 6.61 Å². The average Bonchev–Trinajstić information content (AvgIpc) is 2.30. The molecule has 0 saturated carbocycles. The van der Waals surface area contributed by atoms with Crippen LogP contribution in [0.15, 0.2) is 36.5 Å². The molecule has 0 aliphatic carbocycles. The highest BCUT2D eigenvalue weighted by molar-refractivity contribution is 5.72. The van der Waals surface area contributed by atoms with Gasteiger partial charge in [0.15, 0.2) is 6.10 Å². The van der Waals surface area contributed by atoms with Crippen LogP contribution < -0.4 is 0 Å². The van der Waals surface area contributed by atoms with Crippen LogP contribution in [0.2, 0.25) is 0 Å². The summed E-state index contributed by atoms with van der Waals surface area (Å²) in [4.78, 5) is 10.9. The molecule has 1 N–H and O–H groups in total. The first-order valence-electron chi connectivity index (χ1n) is 5.94. The van der Waals surface area contributed by atoms with Gasteiger partial charge in [-0.15, -0.1) is 0 Å².